The monoisotopic (exact) mass is 424 g/mol. The third-order valence-corrected chi connectivity index (χ3v) is 4.60. The lowest BCUT2D eigenvalue weighted by molar-refractivity contribution is -0.145. The first-order valence-electron chi connectivity index (χ1n) is 8.64. The molecule has 0 spiro atoms. The highest BCUT2D eigenvalue weighted by Crippen LogP contribution is 2.27. The van der Waals surface area contributed by atoms with E-state index < -0.39 is 29.1 Å². The minimum atomic E-state index is -0.915. The third-order valence-electron chi connectivity index (χ3n) is 4.29. The molecule has 1 aromatic heterocycles. The number of anilines is 1. The molecule has 1 aliphatic rings. The molecule has 2 aromatic rings. The third kappa shape index (κ3) is 4.31. The van der Waals surface area contributed by atoms with Crippen LogP contribution >= 0.6 is 12.2 Å². The van der Waals surface area contributed by atoms with Gasteiger partial charge in [0.15, 0.2) is 11.6 Å². The number of thiocarbonyl (C=S) groups is 1. The van der Waals surface area contributed by atoms with Crippen LogP contribution in [0.15, 0.2) is 18.3 Å². The van der Waals surface area contributed by atoms with Crippen LogP contribution in [0.1, 0.15) is 12.6 Å². The Labute approximate surface area is 170 Å². The number of nitrogens with zero attached hydrogens (tertiary/aromatic N) is 5. The molecule has 0 unspecified atom stereocenters. The fourth-order valence-electron chi connectivity index (χ4n) is 2.93. The average molecular weight is 424 g/mol. The van der Waals surface area contributed by atoms with Crippen molar-refractivity contribution in [2.75, 3.05) is 31.6 Å². The predicted molar refractivity (Wildman–Crippen MR) is 102 cm³/mol. The van der Waals surface area contributed by atoms with E-state index in [1.165, 1.54) is 18.0 Å². The Morgan fingerprint density at radius 1 is 1.24 bits per heavy atom. The van der Waals surface area contributed by atoms with Crippen LogP contribution < -0.4 is 10.2 Å². The van der Waals surface area contributed by atoms with Gasteiger partial charge < -0.3 is 15.0 Å². The second-order valence-electron chi connectivity index (χ2n) is 6.15. The molecule has 1 fully saturated rings. The molecule has 1 saturated heterocycles. The van der Waals surface area contributed by atoms with Crippen LogP contribution in [0.2, 0.25) is 0 Å². The number of halogens is 2. The molecule has 0 atom stereocenters. The summed E-state index contributed by atoms with van der Waals surface area (Å²) in [7, 11) is 1.42. The summed E-state index contributed by atoms with van der Waals surface area (Å²) < 4.78 is 35.4. The van der Waals surface area contributed by atoms with Crippen molar-refractivity contribution in [2.45, 2.75) is 13.5 Å². The Kier molecular flexibility index (Phi) is 6.01. The summed E-state index contributed by atoms with van der Waals surface area (Å²) in [5.41, 5.74) is 0.140. The molecular formula is C17H18F2N6O3S. The van der Waals surface area contributed by atoms with Crippen molar-refractivity contribution in [1.82, 2.24) is 25.2 Å². The lowest BCUT2D eigenvalue weighted by atomic mass is 10.2. The van der Waals surface area contributed by atoms with Gasteiger partial charge in [0.1, 0.15) is 11.4 Å². The number of hydrogen-bond acceptors (Lipinski definition) is 7. The number of aromatic nitrogens is 3. The quantitative estimate of drug-likeness (QED) is 0.556. The largest absolute Gasteiger partial charge is 0.474 e. The first-order chi connectivity index (χ1) is 13.8. The van der Waals surface area contributed by atoms with Crippen LogP contribution in [0.25, 0.3) is 5.69 Å². The molecule has 0 radical (unpaired) electrons. The first-order valence-corrected chi connectivity index (χ1v) is 9.05. The molecule has 9 nitrogen and oxygen atoms in total. The summed E-state index contributed by atoms with van der Waals surface area (Å²) in [6.07, 6.45) is 1.48. The van der Waals surface area contributed by atoms with E-state index in [0.717, 1.165) is 21.9 Å². The van der Waals surface area contributed by atoms with Crippen LogP contribution in [0.4, 0.5) is 14.5 Å². The Hall–Kier alpha value is -3.15. The lowest BCUT2D eigenvalue weighted by Gasteiger charge is -2.33. The van der Waals surface area contributed by atoms with Crippen molar-refractivity contribution in [2.24, 2.45) is 0 Å². The number of ether oxygens (including phenoxy) is 1. The summed E-state index contributed by atoms with van der Waals surface area (Å²) in [5, 5.41) is 10.7. The summed E-state index contributed by atoms with van der Waals surface area (Å²) in [6, 6.07) is 2.12. The van der Waals surface area contributed by atoms with Gasteiger partial charge in [0, 0.05) is 18.7 Å². The van der Waals surface area contributed by atoms with E-state index in [1.54, 1.807) is 6.92 Å². The van der Waals surface area contributed by atoms with Crippen molar-refractivity contribution in [3.05, 3.63) is 35.7 Å². The van der Waals surface area contributed by atoms with E-state index >= 15 is 0 Å². The number of methoxy groups -OCH3 is 1. The Morgan fingerprint density at radius 2 is 1.86 bits per heavy atom. The molecule has 3 rings (SSSR count). The highest BCUT2D eigenvalue weighted by molar-refractivity contribution is 7.80. The highest BCUT2D eigenvalue weighted by atomic mass is 32.1. The van der Waals surface area contributed by atoms with Gasteiger partial charge in [0.05, 0.1) is 38.6 Å². The Balaban J connectivity index is 1.82. The van der Waals surface area contributed by atoms with Crippen molar-refractivity contribution in [3.8, 4) is 5.69 Å². The maximum atomic E-state index is 14.7. The van der Waals surface area contributed by atoms with Gasteiger partial charge in [0.2, 0.25) is 11.8 Å². The SMILES string of the molecule is CCN1C(=O)CN(c2c(F)cc(-n3cc(CNC(=S)OC)nn3)cc2F)CC1=O. The zero-order chi connectivity index (χ0) is 21.1. The number of piperazine rings is 1. The van der Waals surface area contributed by atoms with Crippen LogP contribution in [-0.4, -0.2) is 63.6 Å². The van der Waals surface area contributed by atoms with Gasteiger partial charge in [0.25, 0.3) is 5.17 Å². The van der Waals surface area contributed by atoms with Crippen molar-refractivity contribution >= 4 is 34.9 Å². The fraction of sp³-hybridized carbons (Fsp3) is 0.353. The van der Waals surface area contributed by atoms with Crippen LogP contribution in [0.5, 0.6) is 0 Å². The number of likely N-dealkylation sites (N-methyl/N-ethyl adjacent to an activating group) is 1. The molecule has 12 heteroatoms. The van der Waals surface area contributed by atoms with Gasteiger partial charge in [-0.05, 0) is 19.1 Å². The van der Waals surface area contributed by atoms with Gasteiger partial charge >= 0.3 is 0 Å². The number of nitrogens with one attached hydrogen (secondary N) is 1. The van der Waals surface area contributed by atoms with Crippen molar-refractivity contribution in [1.29, 1.82) is 0 Å². The first kappa shape index (κ1) is 20.6. The molecule has 0 aliphatic carbocycles. The van der Waals surface area contributed by atoms with Gasteiger partial charge in [-0.2, -0.15) is 0 Å². The van der Waals surface area contributed by atoms with E-state index in [-0.39, 0.29) is 37.0 Å². The van der Waals surface area contributed by atoms with E-state index in [4.69, 9.17) is 17.0 Å². The van der Waals surface area contributed by atoms with Crippen LogP contribution in [0, 0.1) is 11.6 Å². The number of amides is 2. The number of carbonyl (C=O) groups is 2. The topological polar surface area (TPSA) is 92.6 Å². The number of hydrogen-bond donors (Lipinski definition) is 1. The maximum absolute atomic E-state index is 14.7. The second kappa shape index (κ2) is 8.47. The summed E-state index contributed by atoms with van der Waals surface area (Å²) in [6.45, 7) is 1.53. The lowest BCUT2D eigenvalue weighted by Crippen LogP contribution is -2.54. The maximum Gasteiger partial charge on any atom is 0.256 e. The van der Waals surface area contributed by atoms with Crippen molar-refractivity contribution in [3.63, 3.8) is 0 Å². The second-order valence-corrected chi connectivity index (χ2v) is 6.52. The normalized spacial score (nSPS) is 14.3. The van der Waals surface area contributed by atoms with Crippen LogP contribution in [-0.2, 0) is 20.9 Å². The summed E-state index contributed by atoms with van der Waals surface area (Å²) in [4.78, 5) is 26.2. The molecular weight excluding hydrogens is 406 g/mol. The zero-order valence-electron chi connectivity index (χ0n) is 15.7. The molecule has 1 aliphatic heterocycles. The van der Waals surface area contributed by atoms with E-state index in [9.17, 15) is 18.4 Å². The molecule has 154 valence electrons. The van der Waals surface area contributed by atoms with Crippen molar-refractivity contribution < 1.29 is 23.1 Å². The van der Waals surface area contributed by atoms with E-state index in [0.29, 0.717) is 5.69 Å². The molecule has 29 heavy (non-hydrogen) atoms. The Bertz CT molecular complexity index is 925. The van der Waals surface area contributed by atoms with Gasteiger partial charge in [-0.1, -0.05) is 5.21 Å². The van der Waals surface area contributed by atoms with Gasteiger partial charge in [-0.15, -0.1) is 5.10 Å². The fourth-order valence-corrected chi connectivity index (χ4v) is 3.00. The minimum absolute atomic E-state index is 0.0988. The Morgan fingerprint density at radius 3 is 2.41 bits per heavy atom. The number of imide groups is 1. The molecule has 0 bridgehead atoms. The highest BCUT2D eigenvalue weighted by Gasteiger charge is 2.32. The van der Waals surface area contributed by atoms with Gasteiger partial charge in [-0.25, -0.2) is 13.5 Å². The molecule has 0 saturated carbocycles. The van der Waals surface area contributed by atoms with E-state index in [1.807, 2.05) is 0 Å². The summed E-state index contributed by atoms with van der Waals surface area (Å²) >= 11 is 4.85. The standard InChI is InChI=1S/C17H18F2N6O3S/c1-3-24-14(26)8-23(9-15(24)27)16-12(18)4-11(5-13(16)19)25-7-10(21-22-25)6-20-17(29)28-2/h4-5,7H,3,6,8-9H2,1-2H3,(H,20,29). The minimum Gasteiger partial charge on any atom is -0.474 e. The smallest absolute Gasteiger partial charge is 0.256 e. The number of carbonyl (C=O) groups excluding carboxylic acids is 2. The molecule has 2 amide bonds. The number of rotatable bonds is 5. The van der Waals surface area contributed by atoms with Gasteiger partial charge in [-0.3, -0.25) is 14.5 Å². The van der Waals surface area contributed by atoms with Crippen LogP contribution in [0.3, 0.4) is 0 Å². The number of benzene rings is 1. The summed E-state index contributed by atoms with van der Waals surface area (Å²) in [5.74, 6) is -2.84. The average Bonchev–Trinajstić information content (AvgIpc) is 3.14. The predicted octanol–water partition coefficient (Wildman–Crippen LogP) is 0.761. The zero-order valence-corrected chi connectivity index (χ0v) is 16.5. The molecule has 1 aromatic carbocycles. The molecule has 1 N–H and O–H groups in total. The van der Waals surface area contributed by atoms with E-state index in [2.05, 4.69) is 15.6 Å². The molecule has 2 heterocycles.